The molecule has 20 heavy (non-hydrogen) atoms. The Labute approximate surface area is 125 Å². The second-order valence-electron chi connectivity index (χ2n) is 7.41. The van der Waals surface area contributed by atoms with Crippen molar-refractivity contribution in [3.63, 3.8) is 0 Å². The average Bonchev–Trinajstić information content (AvgIpc) is 2.92. The van der Waals surface area contributed by atoms with E-state index in [1.54, 1.807) is 5.57 Å². The standard InChI is InChI=1S/C20H32/c1-2-6-11-17(10-5-1)19-14-9-15-20(16-19)18-12-7-3-4-8-13-18/h9,14,16-18,20H,1-8,10-13,15H2. The fourth-order valence-electron chi connectivity index (χ4n) is 4.68. The van der Waals surface area contributed by atoms with Crippen molar-refractivity contribution in [2.24, 2.45) is 17.8 Å². The van der Waals surface area contributed by atoms with Crippen molar-refractivity contribution in [1.82, 2.24) is 0 Å². The molecule has 112 valence electrons. The zero-order valence-corrected chi connectivity index (χ0v) is 13.2. The molecular formula is C20H32. The highest BCUT2D eigenvalue weighted by Gasteiger charge is 2.24. The van der Waals surface area contributed by atoms with Crippen molar-refractivity contribution in [3.8, 4) is 0 Å². The van der Waals surface area contributed by atoms with Crippen LogP contribution in [0.5, 0.6) is 0 Å². The molecule has 2 fully saturated rings. The van der Waals surface area contributed by atoms with Gasteiger partial charge in [0.2, 0.25) is 0 Å². The summed E-state index contributed by atoms with van der Waals surface area (Å²) in [4.78, 5) is 0. The minimum absolute atomic E-state index is 0.872. The third kappa shape index (κ3) is 3.77. The molecule has 1 unspecified atom stereocenters. The molecule has 0 saturated heterocycles. The van der Waals surface area contributed by atoms with Gasteiger partial charge < -0.3 is 0 Å². The summed E-state index contributed by atoms with van der Waals surface area (Å²) in [6, 6.07) is 0. The third-order valence-corrected chi connectivity index (χ3v) is 5.96. The van der Waals surface area contributed by atoms with Crippen molar-refractivity contribution >= 4 is 0 Å². The Hall–Kier alpha value is -0.520. The summed E-state index contributed by atoms with van der Waals surface area (Å²) >= 11 is 0. The van der Waals surface area contributed by atoms with E-state index in [1.807, 2.05) is 0 Å². The molecule has 0 N–H and O–H groups in total. The number of hydrogen-bond donors (Lipinski definition) is 0. The lowest BCUT2D eigenvalue weighted by atomic mass is 9.77. The van der Waals surface area contributed by atoms with Crippen LogP contribution in [0.1, 0.15) is 83.5 Å². The van der Waals surface area contributed by atoms with Gasteiger partial charge in [0, 0.05) is 0 Å². The molecule has 0 bridgehead atoms. The highest BCUT2D eigenvalue weighted by molar-refractivity contribution is 5.27. The number of rotatable bonds is 2. The van der Waals surface area contributed by atoms with Gasteiger partial charge >= 0.3 is 0 Å². The van der Waals surface area contributed by atoms with Gasteiger partial charge in [-0.15, -0.1) is 0 Å². The first-order valence-corrected chi connectivity index (χ1v) is 9.32. The highest BCUT2D eigenvalue weighted by Crippen LogP contribution is 2.38. The Morgan fingerprint density at radius 2 is 1.30 bits per heavy atom. The second kappa shape index (κ2) is 7.48. The van der Waals surface area contributed by atoms with Crippen molar-refractivity contribution in [2.45, 2.75) is 83.5 Å². The fraction of sp³-hybridized carbons (Fsp3) is 0.800. The first kappa shape index (κ1) is 14.4. The van der Waals surface area contributed by atoms with Gasteiger partial charge in [0.25, 0.3) is 0 Å². The molecule has 2 saturated carbocycles. The van der Waals surface area contributed by atoms with Gasteiger partial charge in [0.05, 0.1) is 0 Å². The van der Waals surface area contributed by atoms with Gasteiger partial charge in [-0.1, -0.05) is 69.6 Å². The highest BCUT2D eigenvalue weighted by atomic mass is 14.3. The van der Waals surface area contributed by atoms with Gasteiger partial charge in [-0.05, 0) is 55.4 Å². The Morgan fingerprint density at radius 3 is 1.95 bits per heavy atom. The van der Waals surface area contributed by atoms with E-state index in [9.17, 15) is 0 Å². The van der Waals surface area contributed by atoms with E-state index >= 15 is 0 Å². The Balaban J connectivity index is 1.65. The lowest BCUT2D eigenvalue weighted by Crippen LogP contribution is -2.16. The molecule has 0 radical (unpaired) electrons. The van der Waals surface area contributed by atoms with Crippen LogP contribution in [-0.2, 0) is 0 Å². The Morgan fingerprint density at radius 1 is 0.700 bits per heavy atom. The number of allylic oxidation sites excluding steroid dienone is 4. The molecule has 0 nitrogen and oxygen atoms in total. The minimum atomic E-state index is 0.872. The van der Waals surface area contributed by atoms with Crippen molar-refractivity contribution < 1.29 is 0 Å². The molecule has 1 atom stereocenters. The maximum Gasteiger partial charge on any atom is -0.0165 e. The largest absolute Gasteiger partial charge is 0.0837 e. The lowest BCUT2D eigenvalue weighted by Gasteiger charge is -2.28. The van der Waals surface area contributed by atoms with Crippen LogP contribution in [0.3, 0.4) is 0 Å². The summed E-state index contributed by atoms with van der Waals surface area (Å²) in [6.45, 7) is 0. The van der Waals surface area contributed by atoms with E-state index in [4.69, 9.17) is 0 Å². The van der Waals surface area contributed by atoms with Crippen LogP contribution in [0, 0.1) is 17.8 Å². The van der Waals surface area contributed by atoms with E-state index in [0.29, 0.717) is 0 Å². The molecular weight excluding hydrogens is 240 g/mol. The SMILES string of the molecule is C1=CC(C2CCCCCC2)=CC(C2CCCCCC2)C1. The minimum Gasteiger partial charge on any atom is -0.0837 e. The van der Waals surface area contributed by atoms with Crippen LogP contribution in [0.2, 0.25) is 0 Å². The van der Waals surface area contributed by atoms with E-state index in [2.05, 4.69) is 18.2 Å². The fourth-order valence-corrected chi connectivity index (χ4v) is 4.68. The molecule has 0 aromatic carbocycles. The molecule has 0 amide bonds. The summed E-state index contributed by atoms with van der Waals surface area (Å²) in [5, 5.41) is 0. The first-order valence-electron chi connectivity index (χ1n) is 9.32. The third-order valence-electron chi connectivity index (χ3n) is 5.96. The summed E-state index contributed by atoms with van der Waals surface area (Å²) in [5.41, 5.74) is 1.72. The topological polar surface area (TPSA) is 0 Å². The molecule has 3 aliphatic carbocycles. The number of hydrogen-bond acceptors (Lipinski definition) is 0. The Kier molecular flexibility index (Phi) is 5.39. The molecule has 3 aliphatic rings. The maximum absolute atomic E-state index is 2.71. The summed E-state index contributed by atoms with van der Waals surface area (Å²) in [5.74, 6) is 2.75. The normalized spacial score (nSPS) is 30.6. The summed E-state index contributed by atoms with van der Waals surface area (Å²) in [7, 11) is 0. The molecule has 0 aromatic heterocycles. The van der Waals surface area contributed by atoms with E-state index < -0.39 is 0 Å². The van der Waals surface area contributed by atoms with Crippen LogP contribution in [0.15, 0.2) is 23.8 Å². The smallest absolute Gasteiger partial charge is 0.0165 e. The van der Waals surface area contributed by atoms with Crippen LogP contribution in [0.4, 0.5) is 0 Å². The summed E-state index contributed by atoms with van der Waals surface area (Å²) < 4.78 is 0. The molecule has 0 aromatic rings. The van der Waals surface area contributed by atoms with Gasteiger partial charge in [-0.25, -0.2) is 0 Å². The monoisotopic (exact) mass is 272 g/mol. The Bertz CT molecular complexity index is 333. The van der Waals surface area contributed by atoms with Crippen molar-refractivity contribution in [3.05, 3.63) is 23.8 Å². The molecule has 3 rings (SSSR count). The van der Waals surface area contributed by atoms with Gasteiger partial charge in [-0.3, -0.25) is 0 Å². The van der Waals surface area contributed by atoms with Gasteiger partial charge in [0.15, 0.2) is 0 Å². The zero-order chi connectivity index (χ0) is 13.6. The first-order chi connectivity index (χ1) is 9.93. The predicted octanol–water partition coefficient (Wildman–Crippen LogP) is 6.43. The molecule has 0 aliphatic heterocycles. The van der Waals surface area contributed by atoms with Crippen LogP contribution in [0.25, 0.3) is 0 Å². The van der Waals surface area contributed by atoms with Crippen LogP contribution < -0.4 is 0 Å². The zero-order valence-electron chi connectivity index (χ0n) is 13.2. The molecule has 0 heterocycles. The second-order valence-corrected chi connectivity index (χ2v) is 7.41. The van der Waals surface area contributed by atoms with E-state index in [0.717, 1.165) is 17.8 Å². The molecule has 0 spiro atoms. The van der Waals surface area contributed by atoms with Crippen LogP contribution in [-0.4, -0.2) is 0 Å². The van der Waals surface area contributed by atoms with Gasteiger partial charge in [-0.2, -0.15) is 0 Å². The van der Waals surface area contributed by atoms with Crippen molar-refractivity contribution in [1.29, 1.82) is 0 Å². The van der Waals surface area contributed by atoms with Gasteiger partial charge in [0.1, 0.15) is 0 Å². The van der Waals surface area contributed by atoms with E-state index in [1.165, 1.54) is 83.5 Å². The quantitative estimate of drug-likeness (QED) is 0.508. The van der Waals surface area contributed by atoms with Crippen LogP contribution >= 0.6 is 0 Å². The maximum atomic E-state index is 2.71. The lowest BCUT2D eigenvalue weighted by molar-refractivity contribution is 0.346. The van der Waals surface area contributed by atoms with Crippen molar-refractivity contribution in [2.75, 3.05) is 0 Å². The van der Waals surface area contributed by atoms with E-state index in [-0.39, 0.29) is 0 Å². The average molecular weight is 272 g/mol. The predicted molar refractivity (Wildman–Crippen MR) is 87.7 cm³/mol. The molecule has 0 heteroatoms. The summed E-state index contributed by atoms with van der Waals surface area (Å²) in [6.07, 6.45) is 26.7.